The van der Waals surface area contributed by atoms with Crippen molar-refractivity contribution in [1.29, 1.82) is 0 Å². The molecule has 1 aromatic carbocycles. The minimum Gasteiger partial charge on any atom is -0.515 e. The Morgan fingerprint density at radius 1 is 1.50 bits per heavy atom. The summed E-state index contributed by atoms with van der Waals surface area (Å²) < 4.78 is 12.6. The Balaban J connectivity index is 3.10. The normalized spacial score (nSPS) is 11.2. The Labute approximate surface area is 69.0 Å². The molecule has 0 unspecified atom stereocenters. The number of aliphatic hydroxyl groups excluding tert-OH is 1. The molecule has 0 heterocycles. The van der Waals surface area contributed by atoms with E-state index in [2.05, 4.69) is 0 Å². The number of carbonyl (C=O) groups is 1. The van der Waals surface area contributed by atoms with Crippen LogP contribution >= 0.6 is 0 Å². The molecule has 1 N–H and O–H groups in total. The Bertz CT molecular complexity index is 318. The third-order valence-corrected chi connectivity index (χ3v) is 1.42. The maximum absolute atomic E-state index is 12.6. The lowest BCUT2D eigenvalue weighted by Gasteiger charge is -1.97. The van der Waals surface area contributed by atoms with Crippen LogP contribution in [-0.2, 0) is 4.79 Å². The van der Waals surface area contributed by atoms with E-state index in [0.29, 0.717) is 18.1 Å². The number of carbonyl (C=O) groups excluding carboxylic acids is 1. The molecule has 3 heteroatoms. The lowest BCUT2D eigenvalue weighted by molar-refractivity contribution is -0.103. The van der Waals surface area contributed by atoms with Crippen molar-refractivity contribution in [3.63, 3.8) is 0 Å². The number of aldehydes is 1. The van der Waals surface area contributed by atoms with Gasteiger partial charge in [0, 0.05) is 0 Å². The molecule has 1 rings (SSSR count). The van der Waals surface area contributed by atoms with Crippen LogP contribution in [0.3, 0.4) is 0 Å². The largest absolute Gasteiger partial charge is 0.515 e. The zero-order valence-electron chi connectivity index (χ0n) is 6.20. The fraction of sp³-hybridized carbons (Fsp3) is 0. The molecule has 0 aromatic heterocycles. The molecule has 0 bridgehead atoms. The standard InChI is InChI=1S/C9H7FO2/c10-9-3-1-2-7(4-9)8(5-11)6-12/h1-6,11H. The van der Waals surface area contributed by atoms with Crippen LogP contribution in [0, 0.1) is 5.82 Å². The van der Waals surface area contributed by atoms with E-state index in [1.807, 2.05) is 0 Å². The predicted molar refractivity (Wildman–Crippen MR) is 43.1 cm³/mol. The Hall–Kier alpha value is -1.64. The van der Waals surface area contributed by atoms with Crippen molar-refractivity contribution in [1.82, 2.24) is 0 Å². The highest BCUT2D eigenvalue weighted by Crippen LogP contribution is 2.12. The summed E-state index contributed by atoms with van der Waals surface area (Å²) in [5, 5.41) is 8.55. The number of halogens is 1. The van der Waals surface area contributed by atoms with E-state index >= 15 is 0 Å². The van der Waals surface area contributed by atoms with E-state index in [-0.39, 0.29) is 5.57 Å². The molecule has 2 nitrogen and oxygen atoms in total. The van der Waals surface area contributed by atoms with Gasteiger partial charge >= 0.3 is 0 Å². The Morgan fingerprint density at radius 3 is 2.75 bits per heavy atom. The maximum Gasteiger partial charge on any atom is 0.153 e. The highest BCUT2D eigenvalue weighted by molar-refractivity contribution is 6.06. The molecule has 0 atom stereocenters. The molecular weight excluding hydrogens is 159 g/mol. The Kier molecular flexibility index (Phi) is 2.58. The van der Waals surface area contributed by atoms with E-state index in [1.165, 1.54) is 18.2 Å². The van der Waals surface area contributed by atoms with Gasteiger partial charge in [0.15, 0.2) is 6.29 Å². The van der Waals surface area contributed by atoms with Crippen LogP contribution in [0.1, 0.15) is 5.56 Å². The fourth-order valence-electron chi connectivity index (χ4n) is 0.841. The van der Waals surface area contributed by atoms with Crippen molar-refractivity contribution in [2.75, 3.05) is 0 Å². The van der Waals surface area contributed by atoms with E-state index in [1.54, 1.807) is 6.07 Å². The first-order chi connectivity index (χ1) is 5.77. The summed E-state index contributed by atoms with van der Waals surface area (Å²) in [6.07, 6.45) is 1.12. The van der Waals surface area contributed by atoms with Gasteiger partial charge in [-0.1, -0.05) is 12.1 Å². The van der Waals surface area contributed by atoms with Crippen molar-refractivity contribution in [2.45, 2.75) is 0 Å². The molecule has 0 aliphatic rings. The zero-order valence-corrected chi connectivity index (χ0v) is 6.20. The summed E-state index contributed by atoms with van der Waals surface area (Å²) in [6, 6.07) is 5.46. The number of hydrogen-bond acceptors (Lipinski definition) is 2. The first kappa shape index (κ1) is 8.46. The number of rotatable bonds is 2. The van der Waals surface area contributed by atoms with Gasteiger partial charge in [-0.25, -0.2) is 4.39 Å². The summed E-state index contributed by atoms with van der Waals surface area (Å²) >= 11 is 0. The van der Waals surface area contributed by atoms with Crippen molar-refractivity contribution in [3.8, 4) is 0 Å². The Morgan fingerprint density at radius 2 is 2.25 bits per heavy atom. The molecule has 0 spiro atoms. The molecular formula is C9H7FO2. The number of aliphatic hydroxyl groups is 1. The van der Waals surface area contributed by atoms with E-state index in [0.717, 1.165) is 0 Å². The predicted octanol–water partition coefficient (Wildman–Crippen LogP) is 1.92. The van der Waals surface area contributed by atoms with Crippen molar-refractivity contribution in [2.24, 2.45) is 0 Å². The summed E-state index contributed by atoms with van der Waals surface area (Å²) in [6.45, 7) is 0. The molecule has 0 fully saturated rings. The van der Waals surface area contributed by atoms with Crippen LogP contribution in [0.25, 0.3) is 5.57 Å². The molecule has 0 amide bonds. The van der Waals surface area contributed by atoms with Crippen molar-refractivity contribution < 1.29 is 14.3 Å². The van der Waals surface area contributed by atoms with E-state index < -0.39 is 5.82 Å². The van der Waals surface area contributed by atoms with Gasteiger partial charge in [-0.3, -0.25) is 4.79 Å². The highest BCUT2D eigenvalue weighted by Gasteiger charge is 2.00. The van der Waals surface area contributed by atoms with Gasteiger partial charge in [0.25, 0.3) is 0 Å². The van der Waals surface area contributed by atoms with Gasteiger partial charge in [-0.05, 0) is 17.7 Å². The monoisotopic (exact) mass is 166 g/mol. The lowest BCUT2D eigenvalue weighted by atomic mass is 10.1. The number of allylic oxidation sites excluding steroid dienone is 1. The van der Waals surface area contributed by atoms with Crippen LogP contribution in [0.2, 0.25) is 0 Å². The average Bonchev–Trinajstić information content (AvgIpc) is 2.07. The van der Waals surface area contributed by atoms with Gasteiger partial charge in [0.1, 0.15) is 5.82 Å². The maximum atomic E-state index is 12.6. The smallest absolute Gasteiger partial charge is 0.153 e. The van der Waals surface area contributed by atoms with Crippen LogP contribution in [0.5, 0.6) is 0 Å². The lowest BCUT2D eigenvalue weighted by Crippen LogP contribution is -1.86. The summed E-state index contributed by atoms with van der Waals surface area (Å²) in [5.74, 6) is -0.436. The molecule has 0 saturated carbocycles. The molecule has 0 aliphatic carbocycles. The number of benzene rings is 1. The van der Waals surface area contributed by atoms with Crippen LogP contribution in [0.15, 0.2) is 30.5 Å². The molecule has 12 heavy (non-hydrogen) atoms. The second-order valence-corrected chi connectivity index (χ2v) is 2.21. The van der Waals surface area contributed by atoms with Gasteiger partial charge in [-0.2, -0.15) is 0 Å². The summed E-state index contributed by atoms with van der Waals surface area (Å²) in [7, 11) is 0. The van der Waals surface area contributed by atoms with E-state index in [9.17, 15) is 9.18 Å². The SMILES string of the molecule is O=CC(=CO)c1cccc(F)c1. The van der Waals surface area contributed by atoms with Gasteiger partial charge in [0.2, 0.25) is 0 Å². The fourth-order valence-corrected chi connectivity index (χ4v) is 0.841. The van der Waals surface area contributed by atoms with Crippen molar-refractivity contribution >= 4 is 11.9 Å². The molecule has 62 valence electrons. The first-order valence-corrected chi connectivity index (χ1v) is 3.33. The quantitative estimate of drug-likeness (QED) is 0.414. The molecule has 0 radical (unpaired) electrons. The summed E-state index contributed by atoms with van der Waals surface area (Å²) in [5.41, 5.74) is 0.432. The first-order valence-electron chi connectivity index (χ1n) is 3.33. The second kappa shape index (κ2) is 3.67. The van der Waals surface area contributed by atoms with Crippen LogP contribution in [0.4, 0.5) is 4.39 Å². The number of hydrogen-bond donors (Lipinski definition) is 1. The average molecular weight is 166 g/mol. The second-order valence-electron chi connectivity index (χ2n) is 2.21. The minimum absolute atomic E-state index is 0.0644. The minimum atomic E-state index is -0.436. The third kappa shape index (κ3) is 1.69. The molecule has 1 aromatic rings. The van der Waals surface area contributed by atoms with Crippen molar-refractivity contribution in [3.05, 3.63) is 41.9 Å². The molecule has 0 saturated heterocycles. The zero-order chi connectivity index (χ0) is 8.97. The van der Waals surface area contributed by atoms with Gasteiger partial charge in [0.05, 0.1) is 11.8 Å². The van der Waals surface area contributed by atoms with Crippen LogP contribution < -0.4 is 0 Å². The molecule has 0 aliphatic heterocycles. The van der Waals surface area contributed by atoms with Gasteiger partial charge < -0.3 is 5.11 Å². The third-order valence-electron chi connectivity index (χ3n) is 1.42. The highest BCUT2D eigenvalue weighted by atomic mass is 19.1. The van der Waals surface area contributed by atoms with Crippen LogP contribution in [-0.4, -0.2) is 11.4 Å². The topological polar surface area (TPSA) is 37.3 Å². The summed E-state index contributed by atoms with van der Waals surface area (Å²) in [4.78, 5) is 10.3. The van der Waals surface area contributed by atoms with E-state index in [4.69, 9.17) is 5.11 Å². The van der Waals surface area contributed by atoms with Gasteiger partial charge in [-0.15, -0.1) is 0 Å².